The number of benzene rings is 1. The number of nitrogens with one attached hydrogen (secondary N) is 1. The zero-order valence-corrected chi connectivity index (χ0v) is 18.0. The lowest BCUT2D eigenvalue weighted by Crippen LogP contribution is -2.45. The van der Waals surface area contributed by atoms with E-state index in [-0.39, 0.29) is 0 Å². The standard InChI is InChI=1S/C21H31IN2O/c1-7-9-11-21(5)17(25)12-16(22-6)18-15(10-8-2)13(3)19(23)14(4)20(18)24-21/h8,12,17,24-25H,2,6-7,9-11,23H2,1,3-5H3/t17-,21?/m1/s1. The smallest absolute Gasteiger partial charge is 0.0960 e. The van der Waals surface area contributed by atoms with E-state index in [0.29, 0.717) is 0 Å². The Morgan fingerprint density at radius 3 is 2.64 bits per heavy atom. The van der Waals surface area contributed by atoms with Gasteiger partial charge in [0.05, 0.1) is 11.6 Å². The number of unbranched alkanes of at least 4 members (excludes halogenated alkanes) is 1. The molecule has 3 nitrogen and oxygen atoms in total. The second-order valence-electron chi connectivity index (χ2n) is 7.12. The summed E-state index contributed by atoms with van der Waals surface area (Å²) in [6.45, 7) is 12.4. The molecule has 2 rings (SSSR count). The third-order valence-electron chi connectivity index (χ3n) is 5.34. The number of allylic oxidation sites excluding steroid dienone is 1. The van der Waals surface area contributed by atoms with Gasteiger partial charge in [-0.15, -0.1) is 6.58 Å². The lowest BCUT2D eigenvalue weighted by atomic mass is 9.88. The Bertz CT molecular complexity index is 723. The molecule has 0 amide bonds. The third-order valence-corrected chi connectivity index (χ3v) is 7.06. The monoisotopic (exact) mass is 454 g/mol. The van der Waals surface area contributed by atoms with Crippen molar-refractivity contribution >= 4 is 40.2 Å². The highest BCUT2D eigenvalue weighted by Gasteiger charge is 2.36. The van der Waals surface area contributed by atoms with Crippen molar-refractivity contribution in [2.24, 2.45) is 0 Å². The molecule has 0 spiro atoms. The summed E-state index contributed by atoms with van der Waals surface area (Å²) in [4.78, 5) is 0. The van der Waals surface area contributed by atoms with Crippen molar-refractivity contribution in [3.05, 3.63) is 41.0 Å². The van der Waals surface area contributed by atoms with Crippen LogP contribution in [0.15, 0.2) is 18.7 Å². The molecule has 1 heterocycles. The number of rotatable bonds is 6. The summed E-state index contributed by atoms with van der Waals surface area (Å²) in [6, 6.07) is 0. The van der Waals surface area contributed by atoms with E-state index in [1.165, 1.54) is 14.7 Å². The maximum atomic E-state index is 11.0. The number of hydrogen-bond donors (Lipinski definition) is 3. The van der Waals surface area contributed by atoms with E-state index >= 15 is 0 Å². The fraction of sp³-hybridized carbons (Fsp3) is 0.476. The van der Waals surface area contributed by atoms with Crippen molar-refractivity contribution in [3.8, 4) is 0 Å². The van der Waals surface area contributed by atoms with Crippen molar-refractivity contribution in [1.82, 2.24) is 0 Å². The van der Waals surface area contributed by atoms with E-state index in [1.807, 2.05) is 12.2 Å². The molecule has 0 saturated carbocycles. The van der Waals surface area contributed by atoms with Gasteiger partial charge >= 0.3 is 0 Å². The molecule has 1 aliphatic heterocycles. The quantitative estimate of drug-likeness (QED) is 0.319. The maximum Gasteiger partial charge on any atom is 0.0960 e. The summed E-state index contributed by atoms with van der Waals surface area (Å²) in [5.41, 5.74) is 12.5. The van der Waals surface area contributed by atoms with Crippen LogP contribution in [0.4, 0.5) is 11.4 Å². The number of aliphatic hydroxyl groups is 1. The van der Waals surface area contributed by atoms with E-state index in [0.717, 1.165) is 48.2 Å². The minimum absolute atomic E-state index is 0.399. The largest absolute Gasteiger partial charge is 0.398 e. The zero-order valence-electron chi connectivity index (χ0n) is 15.9. The van der Waals surface area contributed by atoms with Crippen molar-refractivity contribution in [3.63, 3.8) is 0 Å². The molecule has 25 heavy (non-hydrogen) atoms. The third kappa shape index (κ3) is 3.70. The maximum absolute atomic E-state index is 11.0. The minimum Gasteiger partial charge on any atom is -0.398 e. The highest BCUT2D eigenvalue weighted by molar-refractivity contribution is 14.2. The van der Waals surface area contributed by atoms with Crippen LogP contribution in [0.3, 0.4) is 0 Å². The second kappa shape index (κ2) is 8.04. The van der Waals surface area contributed by atoms with Crippen molar-refractivity contribution in [2.45, 2.75) is 65.0 Å². The average Bonchev–Trinajstić information content (AvgIpc) is 2.70. The van der Waals surface area contributed by atoms with Gasteiger partial charge in [0.2, 0.25) is 0 Å². The number of hydrogen-bond acceptors (Lipinski definition) is 3. The fourth-order valence-electron chi connectivity index (χ4n) is 3.55. The molecule has 2 atom stereocenters. The number of halogens is 1. The molecular weight excluding hydrogens is 423 g/mol. The van der Waals surface area contributed by atoms with Crippen LogP contribution in [-0.4, -0.2) is 21.3 Å². The molecule has 0 fully saturated rings. The Labute approximate surface area is 162 Å². The Morgan fingerprint density at radius 2 is 2.08 bits per heavy atom. The summed E-state index contributed by atoms with van der Waals surface area (Å²) in [6.07, 6.45) is 7.27. The summed E-state index contributed by atoms with van der Waals surface area (Å²) < 4.78 is 5.41. The topological polar surface area (TPSA) is 58.3 Å². The van der Waals surface area contributed by atoms with Crippen molar-refractivity contribution < 1.29 is 5.11 Å². The first kappa shape index (κ1) is 20.2. The van der Waals surface area contributed by atoms with E-state index < -0.39 is 32.4 Å². The minimum atomic E-state index is -0.541. The van der Waals surface area contributed by atoms with Crippen molar-refractivity contribution in [2.75, 3.05) is 11.1 Å². The first-order valence-corrected chi connectivity index (χ1v) is 11.5. The predicted octanol–water partition coefficient (Wildman–Crippen LogP) is 5.09. The summed E-state index contributed by atoms with van der Waals surface area (Å²) in [7, 11) is 0. The number of nitrogen functional groups attached to an aromatic ring is 1. The van der Waals surface area contributed by atoms with Crippen molar-refractivity contribution in [1.29, 1.82) is 0 Å². The van der Waals surface area contributed by atoms with E-state index in [9.17, 15) is 5.11 Å². The molecule has 1 unspecified atom stereocenters. The number of aliphatic hydroxyl groups excluding tert-OH is 1. The summed E-state index contributed by atoms with van der Waals surface area (Å²) in [5.74, 6) is 0. The van der Waals surface area contributed by atoms with Gasteiger partial charge in [-0.05, 0) is 56.4 Å². The molecule has 0 bridgehead atoms. The Kier molecular flexibility index (Phi) is 6.49. The van der Waals surface area contributed by atoms with Crippen LogP contribution in [0.5, 0.6) is 0 Å². The van der Waals surface area contributed by atoms with Crippen LogP contribution in [0.1, 0.15) is 55.4 Å². The predicted molar refractivity (Wildman–Crippen MR) is 121 cm³/mol. The summed E-state index contributed by atoms with van der Waals surface area (Å²) >= 11 is -0.431. The van der Waals surface area contributed by atoms with E-state index in [2.05, 4.69) is 44.1 Å². The lowest BCUT2D eigenvalue weighted by molar-refractivity contribution is 0.143. The molecule has 0 aliphatic carbocycles. The lowest BCUT2D eigenvalue weighted by Gasteiger charge is -2.35. The summed E-state index contributed by atoms with van der Waals surface area (Å²) in [5, 5.41) is 14.7. The van der Waals surface area contributed by atoms with Gasteiger partial charge in [0.1, 0.15) is 0 Å². The average molecular weight is 454 g/mol. The molecule has 138 valence electrons. The fourth-order valence-corrected chi connectivity index (χ4v) is 5.13. The molecular formula is C21H31IN2O. The van der Waals surface area contributed by atoms with Crippen LogP contribution < -0.4 is 11.1 Å². The number of anilines is 2. The van der Waals surface area contributed by atoms with Gasteiger partial charge in [-0.2, -0.15) is 0 Å². The van der Waals surface area contributed by atoms with Gasteiger partial charge in [-0.1, -0.05) is 51.1 Å². The highest BCUT2D eigenvalue weighted by atomic mass is 127. The van der Waals surface area contributed by atoms with Crippen LogP contribution in [0.25, 0.3) is 3.58 Å². The van der Waals surface area contributed by atoms with Gasteiger partial charge in [-0.3, -0.25) is 0 Å². The SMILES string of the molecule is C=CCc1c(C)c(N)c(C)c2c1C(I=C)=C[C@@H](O)C(C)(CCCC)N2. The van der Waals surface area contributed by atoms with Gasteiger partial charge in [0.15, 0.2) is 0 Å². The number of nitrogens with two attached hydrogens (primary N) is 1. The van der Waals surface area contributed by atoms with E-state index in [1.54, 1.807) is 0 Å². The molecule has 1 aromatic rings. The van der Waals surface area contributed by atoms with Gasteiger partial charge in [0.25, 0.3) is 0 Å². The van der Waals surface area contributed by atoms with E-state index in [4.69, 9.17) is 5.73 Å². The Morgan fingerprint density at radius 1 is 1.40 bits per heavy atom. The Balaban J connectivity index is 2.78. The highest BCUT2D eigenvalue weighted by Crippen LogP contribution is 2.46. The number of fused-ring (bicyclic) bond motifs is 1. The molecule has 1 aliphatic rings. The molecule has 4 heteroatoms. The Hall–Kier alpha value is -1.14. The zero-order chi connectivity index (χ0) is 18.8. The van der Waals surface area contributed by atoms with Crippen LogP contribution in [0, 0.1) is 13.8 Å². The van der Waals surface area contributed by atoms with Crippen LogP contribution in [0.2, 0.25) is 0 Å². The molecule has 0 saturated heterocycles. The first-order valence-electron chi connectivity index (χ1n) is 8.89. The first-order chi connectivity index (χ1) is 11.8. The molecule has 1 aromatic carbocycles. The molecule has 0 radical (unpaired) electrons. The second-order valence-corrected chi connectivity index (χ2v) is 9.05. The van der Waals surface area contributed by atoms with Crippen LogP contribution >= 0.6 is 20.7 Å². The van der Waals surface area contributed by atoms with Crippen LogP contribution in [-0.2, 0) is 6.42 Å². The molecule has 0 aromatic heterocycles. The van der Waals surface area contributed by atoms with Gasteiger partial charge in [-0.25, -0.2) is 0 Å². The molecule has 4 N–H and O–H groups in total. The normalized spacial score (nSPS) is 22.6. The van der Waals surface area contributed by atoms with Gasteiger partial charge < -0.3 is 16.2 Å². The van der Waals surface area contributed by atoms with Gasteiger partial charge in [0, 0.05) is 20.5 Å².